The smallest absolute Gasteiger partial charge is 0.332 e. The van der Waals surface area contributed by atoms with E-state index in [-0.39, 0.29) is 35.2 Å². The molecular formula is C31H48N2O5S. The number of amides is 1. The quantitative estimate of drug-likeness (QED) is 0.375. The molecule has 0 unspecified atom stereocenters. The molecule has 218 valence electrons. The zero-order valence-electron chi connectivity index (χ0n) is 25.6. The van der Waals surface area contributed by atoms with Gasteiger partial charge in [-0.15, -0.1) is 11.3 Å². The van der Waals surface area contributed by atoms with Crippen LogP contribution in [0.3, 0.4) is 0 Å². The summed E-state index contributed by atoms with van der Waals surface area (Å²) in [5.74, 6) is 0.395. The summed E-state index contributed by atoms with van der Waals surface area (Å²) in [5, 5.41) is 9.79. The molecule has 1 amide bonds. The van der Waals surface area contributed by atoms with Crippen molar-refractivity contribution < 1.29 is 24.2 Å². The number of aromatic nitrogens is 1. The molecule has 0 spiro atoms. The number of carbonyl (C=O) groups excluding carboxylic acids is 2. The van der Waals surface area contributed by atoms with Crippen LogP contribution in [0.15, 0.2) is 29.8 Å². The Kier molecular flexibility index (Phi) is 10.8. The molecule has 0 aliphatic carbocycles. The van der Waals surface area contributed by atoms with Crippen LogP contribution in [0.4, 0.5) is 0 Å². The van der Waals surface area contributed by atoms with Gasteiger partial charge in [0.15, 0.2) is 0 Å². The average Bonchev–Trinajstić information content (AvgIpc) is 3.49. The summed E-state index contributed by atoms with van der Waals surface area (Å²) in [5.41, 5.74) is -0.383. The fourth-order valence-electron chi connectivity index (χ4n) is 5.58. The summed E-state index contributed by atoms with van der Waals surface area (Å²) in [6.45, 7) is 18.3. The van der Waals surface area contributed by atoms with Crippen molar-refractivity contribution in [3.05, 3.63) is 45.9 Å². The van der Waals surface area contributed by atoms with Crippen molar-refractivity contribution in [3.8, 4) is 5.75 Å². The van der Waals surface area contributed by atoms with Gasteiger partial charge in [0, 0.05) is 24.3 Å². The highest BCUT2D eigenvalue weighted by Crippen LogP contribution is 2.52. The number of aliphatic hydroxyl groups excluding tert-OH is 1. The molecule has 1 aromatic carbocycles. The summed E-state index contributed by atoms with van der Waals surface area (Å²) in [4.78, 5) is 35.1. The van der Waals surface area contributed by atoms with Gasteiger partial charge in [-0.25, -0.2) is 9.78 Å². The van der Waals surface area contributed by atoms with E-state index in [0.717, 1.165) is 24.1 Å². The minimum Gasteiger partial charge on any atom is -0.496 e. The molecule has 39 heavy (non-hydrogen) atoms. The Bertz CT molecular complexity index is 1100. The molecule has 0 radical (unpaired) electrons. The number of nitrogens with zero attached hydrogens (tertiary/aromatic N) is 2. The minimum atomic E-state index is -1.09. The normalized spacial score (nSPS) is 21.4. The summed E-state index contributed by atoms with van der Waals surface area (Å²) in [6, 6.07) is 5.34. The van der Waals surface area contributed by atoms with E-state index < -0.39 is 11.1 Å². The maximum absolute atomic E-state index is 14.5. The van der Waals surface area contributed by atoms with E-state index in [1.807, 2.05) is 49.3 Å². The van der Waals surface area contributed by atoms with E-state index in [1.54, 1.807) is 13.3 Å². The van der Waals surface area contributed by atoms with Crippen molar-refractivity contribution in [2.24, 2.45) is 11.8 Å². The molecule has 0 saturated carbocycles. The lowest BCUT2D eigenvalue weighted by Crippen LogP contribution is -2.56. The Hall–Kier alpha value is -2.45. The van der Waals surface area contributed by atoms with Crippen molar-refractivity contribution in [1.29, 1.82) is 0 Å². The van der Waals surface area contributed by atoms with E-state index in [0.29, 0.717) is 24.2 Å². The maximum Gasteiger partial charge on any atom is 0.332 e. The lowest BCUT2D eigenvalue weighted by molar-refractivity contribution is -0.168. The topological polar surface area (TPSA) is 89.0 Å². The van der Waals surface area contributed by atoms with Crippen LogP contribution >= 0.6 is 11.3 Å². The van der Waals surface area contributed by atoms with Crippen LogP contribution in [0.25, 0.3) is 0 Å². The van der Waals surface area contributed by atoms with Gasteiger partial charge in [0.25, 0.3) is 5.91 Å². The molecular weight excluding hydrogens is 512 g/mol. The molecule has 2 heterocycles. The second-order valence-electron chi connectivity index (χ2n) is 12.7. The average molecular weight is 561 g/mol. The summed E-state index contributed by atoms with van der Waals surface area (Å²) in [6.07, 6.45) is 3.66. The number of carbonyl (C=O) groups is 2. The van der Waals surface area contributed by atoms with Gasteiger partial charge in [0.2, 0.25) is 0 Å². The van der Waals surface area contributed by atoms with Gasteiger partial charge >= 0.3 is 5.97 Å². The van der Waals surface area contributed by atoms with Gasteiger partial charge in [-0.2, -0.15) is 0 Å². The first kappa shape index (κ1) is 32.8. The van der Waals surface area contributed by atoms with Crippen molar-refractivity contribution in [2.45, 2.75) is 104 Å². The number of aliphatic hydroxyl groups is 1. The van der Waals surface area contributed by atoms with Crippen LogP contribution in [-0.4, -0.2) is 52.2 Å². The van der Waals surface area contributed by atoms with Gasteiger partial charge in [-0.3, -0.25) is 4.79 Å². The number of thiazole rings is 1. The van der Waals surface area contributed by atoms with E-state index in [1.165, 1.54) is 11.3 Å². The van der Waals surface area contributed by atoms with E-state index >= 15 is 0 Å². The van der Waals surface area contributed by atoms with Crippen molar-refractivity contribution in [1.82, 2.24) is 9.88 Å². The van der Waals surface area contributed by atoms with Crippen LogP contribution in [-0.2, 0) is 14.9 Å². The first-order valence-electron chi connectivity index (χ1n) is 13.7. The molecule has 3 rings (SSSR count). The standard InChI is InChI=1S/C30H44N2O4S.CH4O/c1-11-20-18-30(17-19(2)3,27(34)36-29(7,8)9)32(24(20)25-31-14-15-37-25)26(33)21-12-13-22(28(4,5)6)23(16-21)35-10;1-2/h12-16,19-20,24H,11,17-18H2,1-10H3;2H,1H3/t20-,24-,30+;/m1./s1. The first-order valence-corrected chi connectivity index (χ1v) is 14.6. The summed E-state index contributed by atoms with van der Waals surface area (Å²) in [7, 11) is 2.63. The van der Waals surface area contributed by atoms with E-state index in [9.17, 15) is 9.59 Å². The fourth-order valence-corrected chi connectivity index (χ4v) is 6.40. The molecule has 1 aliphatic heterocycles. The second kappa shape index (κ2) is 12.8. The van der Waals surface area contributed by atoms with E-state index in [2.05, 4.69) is 46.5 Å². The van der Waals surface area contributed by atoms with Crippen molar-refractivity contribution in [2.75, 3.05) is 14.2 Å². The maximum atomic E-state index is 14.5. The lowest BCUT2D eigenvalue weighted by atomic mass is 9.82. The fraction of sp³-hybridized carbons (Fsp3) is 0.645. The Balaban J connectivity index is 0.00000260. The number of hydrogen-bond donors (Lipinski definition) is 1. The molecule has 7 nitrogen and oxygen atoms in total. The molecule has 0 bridgehead atoms. The minimum absolute atomic E-state index is 0.0807. The zero-order valence-corrected chi connectivity index (χ0v) is 26.4. The largest absolute Gasteiger partial charge is 0.496 e. The number of benzene rings is 1. The second-order valence-corrected chi connectivity index (χ2v) is 13.6. The van der Waals surface area contributed by atoms with Gasteiger partial charge in [-0.05, 0) is 68.6 Å². The zero-order chi connectivity index (χ0) is 29.8. The summed E-state index contributed by atoms with van der Waals surface area (Å²) >= 11 is 1.53. The third-order valence-corrected chi connectivity index (χ3v) is 7.86. The highest BCUT2D eigenvalue weighted by molar-refractivity contribution is 7.09. The molecule has 8 heteroatoms. The van der Waals surface area contributed by atoms with Gasteiger partial charge in [0.05, 0.1) is 13.2 Å². The molecule has 2 aromatic rings. The molecule has 1 aliphatic rings. The van der Waals surface area contributed by atoms with Gasteiger partial charge in [-0.1, -0.05) is 54.0 Å². The van der Waals surface area contributed by atoms with Gasteiger partial charge < -0.3 is 19.5 Å². The Morgan fingerprint density at radius 2 is 1.82 bits per heavy atom. The molecule has 1 N–H and O–H groups in total. The number of esters is 1. The van der Waals surface area contributed by atoms with Gasteiger partial charge in [0.1, 0.15) is 21.9 Å². The molecule has 1 saturated heterocycles. The van der Waals surface area contributed by atoms with Crippen molar-refractivity contribution in [3.63, 3.8) is 0 Å². The SMILES string of the molecule is CC[C@@H]1C[C@@](CC(C)C)(C(=O)OC(C)(C)C)N(C(=O)c2ccc(C(C)(C)C)c(OC)c2)[C@H]1c1nccs1.CO. The third-order valence-electron chi connectivity index (χ3n) is 7.01. The van der Waals surface area contributed by atoms with Crippen LogP contribution in [0, 0.1) is 11.8 Å². The van der Waals surface area contributed by atoms with Crippen LogP contribution in [0.1, 0.15) is 109 Å². The Morgan fingerprint density at radius 1 is 1.18 bits per heavy atom. The third kappa shape index (κ3) is 7.20. The van der Waals surface area contributed by atoms with E-state index in [4.69, 9.17) is 14.6 Å². The number of hydrogen-bond acceptors (Lipinski definition) is 7. The lowest BCUT2D eigenvalue weighted by Gasteiger charge is -2.41. The number of ether oxygens (including phenoxy) is 2. The molecule has 1 aromatic heterocycles. The summed E-state index contributed by atoms with van der Waals surface area (Å²) < 4.78 is 11.8. The van der Waals surface area contributed by atoms with Crippen LogP contribution in [0.5, 0.6) is 5.75 Å². The van der Waals surface area contributed by atoms with Crippen LogP contribution < -0.4 is 4.74 Å². The predicted octanol–water partition coefficient (Wildman–Crippen LogP) is 6.80. The monoisotopic (exact) mass is 560 g/mol. The Labute approximate surface area is 238 Å². The Morgan fingerprint density at radius 3 is 2.28 bits per heavy atom. The number of rotatable bonds is 7. The number of methoxy groups -OCH3 is 1. The van der Waals surface area contributed by atoms with Crippen molar-refractivity contribution >= 4 is 23.2 Å². The first-order chi connectivity index (χ1) is 18.1. The highest BCUT2D eigenvalue weighted by Gasteiger charge is 2.60. The highest BCUT2D eigenvalue weighted by atomic mass is 32.1. The van der Waals surface area contributed by atoms with Crippen LogP contribution in [0.2, 0.25) is 0 Å². The number of likely N-dealkylation sites (tertiary alicyclic amines) is 1. The predicted molar refractivity (Wildman–Crippen MR) is 157 cm³/mol. The molecule has 1 fully saturated rings. The molecule has 3 atom stereocenters.